The molecule has 0 aliphatic rings. The Labute approximate surface area is 145 Å². The van der Waals surface area contributed by atoms with Crippen molar-refractivity contribution in [1.29, 1.82) is 0 Å². The summed E-state index contributed by atoms with van der Waals surface area (Å²) in [5.74, 6) is 0.550. The summed E-state index contributed by atoms with van der Waals surface area (Å²) in [5.41, 5.74) is 4.34. The minimum Gasteiger partial charge on any atom is -0.497 e. The first-order valence-electron chi connectivity index (χ1n) is 7.15. The van der Waals surface area contributed by atoms with Gasteiger partial charge in [-0.1, -0.05) is 12.1 Å². The zero-order valence-electron chi connectivity index (χ0n) is 13.4. The Morgan fingerprint density at radius 2 is 1.92 bits per heavy atom. The number of nitrogens with one attached hydrogen (secondary N) is 2. The van der Waals surface area contributed by atoms with E-state index in [2.05, 4.69) is 15.8 Å². The van der Waals surface area contributed by atoms with E-state index in [0.717, 1.165) is 11.3 Å². The first-order chi connectivity index (χ1) is 11.6. The number of methoxy groups -OCH3 is 2. The van der Waals surface area contributed by atoms with Gasteiger partial charge in [-0.05, 0) is 53.7 Å². The molecule has 7 heteroatoms. The van der Waals surface area contributed by atoms with Gasteiger partial charge < -0.3 is 14.8 Å². The van der Waals surface area contributed by atoms with Crippen LogP contribution in [0.25, 0.3) is 0 Å². The Morgan fingerprint density at radius 1 is 1.17 bits per heavy atom. The normalized spacial score (nSPS) is 10.5. The maximum absolute atomic E-state index is 13.5. The number of thiocarbonyl (C=S) groups is 1. The summed E-state index contributed by atoms with van der Waals surface area (Å²) in [5, 5.41) is 7.37. The van der Waals surface area contributed by atoms with Gasteiger partial charge in [0.15, 0.2) is 16.7 Å². The fourth-order valence-electron chi connectivity index (χ4n) is 1.89. The van der Waals surface area contributed by atoms with Gasteiger partial charge in [0.05, 0.1) is 20.4 Å². The lowest BCUT2D eigenvalue weighted by molar-refractivity contribution is 0.386. The maximum atomic E-state index is 13.5. The molecule has 2 N–H and O–H groups in total. The average molecular weight is 347 g/mol. The van der Waals surface area contributed by atoms with Crippen molar-refractivity contribution in [3.8, 4) is 11.5 Å². The van der Waals surface area contributed by atoms with E-state index in [0.29, 0.717) is 17.2 Å². The number of benzene rings is 2. The highest BCUT2D eigenvalue weighted by molar-refractivity contribution is 7.80. The lowest BCUT2D eigenvalue weighted by atomic mass is 10.2. The van der Waals surface area contributed by atoms with Crippen LogP contribution in [0.2, 0.25) is 0 Å². The number of ether oxygens (including phenoxy) is 2. The van der Waals surface area contributed by atoms with E-state index in [4.69, 9.17) is 21.7 Å². The van der Waals surface area contributed by atoms with E-state index in [9.17, 15) is 4.39 Å². The molecule has 0 bridgehead atoms. The summed E-state index contributed by atoms with van der Waals surface area (Å²) in [6.07, 6.45) is 1.48. The molecule has 0 spiro atoms. The van der Waals surface area contributed by atoms with Crippen molar-refractivity contribution in [2.75, 3.05) is 14.2 Å². The first-order valence-corrected chi connectivity index (χ1v) is 7.56. The van der Waals surface area contributed by atoms with Crippen molar-refractivity contribution < 1.29 is 13.9 Å². The molecular formula is C17H18FN3O2S. The van der Waals surface area contributed by atoms with Gasteiger partial charge in [0.2, 0.25) is 0 Å². The molecule has 0 radical (unpaired) electrons. The summed E-state index contributed by atoms with van der Waals surface area (Å²) in [7, 11) is 3.04. The van der Waals surface area contributed by atoms with Gasteiger partial charge in [-0.3, -0.25) is 5.43 Å². The van der Waals surface area contributed by atoms with Crippen LogP contribution in [0.4, 0.5) is 4.39 Å². The molecule has 0 aliphatic carbocycles. The van der Waals surface area contributed by atoms with E-state index in [1.165, 1.54) is 25.5 Å². The van der Waals surface area contributed by atoms with E-state index >= 15 is 0 Å². The van der Waals surface area contributed by atoms with Gasteiger partial charge in [-0.25, -0.2) is 4.39 Å². The number of halogens is 1. The third-order valence-corrected chi connectivity index (χ3v) is 3.40. The molecule has 0 atom stereocenters. The van der Waals surface area contributed by atoms with Crippen LogP contribution in [0.15, 0.2) is 47.6 Å². The monoisotopic (exact) mass is 347 g/mol. The Kier molecular flexibility index (Phi) is 6.51. The van der Waals surface area contributed by atoms with E-state index in [1.54, 1.807) is 13.2 Å². The molecule has 2 aromatic carbocycles. The summed E-state index contributed by atoms with van der Waals surface area (Å²) in [6.45, 7) is 0.558. The standard InChI is InChI=1S/C17H18FN3O2S/c1-22-14-6-3-12(4-7-14)10-19-17(24)21-20-11-13-5-8-16(23-2)15(18)9-13/h3-9,11H,10H2,1-2H3,(H2,19,21,24)/b20-11-. The third kappa shape index (κ3) is 5.20. The van der Waals surface area contributed by atoms with Crippen molar-refractivity contribution in [3.05, 3.63) is 59.4 Å². The van der Waals surface area contributed by atoms with Crippen molar-refractivity contribution >= 4 is 23.5 Å². The van der Waals surface area contributed by atoms with Crippen LogP contribution >= 0.6 is 12.2 Å². The molecule has 0 saturated heterocycles. The molecule has 0 aromatic heterocycles. The summed E-state index contributed by atoms with van der Waals surface area (Å²) in [6, 6.07) is 12.2. The number of nitrogens with zero attached hydrogens (tertiary/aromatic N) is 1. The van der Waals surface area contributed by atoms with Crippen molar-refractivity contribution in [2.24, 2.45) is 5.10 Å². The van der Waals surface area contributed by atoms with Crippen LogP contribution in [0.3, 0.4) is 0 Å². The second kappa shape index (κ2) is 8.83. The predicted molar refractivity (Wildman–Crippen MR) is 96.1 cm³/mol. The molecule has 0 amide bonds. The minimum atomic E-state index is -0.443. The third-order valence-electron chi connectivity index (χ3n) is 3.17. The number of hydrazone groups is 1. The predicted octanol–water partition coefficient (Wildman–Crippen LogP) is 2.84. The number of hydrogen-bond acceptors (Lipinski definition) is 4. The molecule has 2 rings (SSSR count). The van der Waals surface area contributed by atoms with Gasteiger partial charge in [-0.2, -0.15) is 5.10 Å². The van der Waals surface area contributed by atoms with Crippen LogP contribution < -0.4 is 20.2 Å². The minimum absolute atomic E-state index is 0.191. The Morgan fingerprint density at radius 3 is 2.54 bits per heavy atom. The zero-order valence-corrected chi connectivity index (χ0v) is 14.2. The fourth-order valence-corrected chi connectivity index (χ4v) is 2.02. The topological polar surface area (TPSA) is 54.9 Å². The van der Waals surface area contributed by atoms with Gasteiger partial charge in [0.25, 0.3) is 0 Å². The molecule has 0 unspecified atom stereocenters. The molecule has 126 valence electrons. The van der Waals surface area contributed by atoms with Crippen molar-refractivity contribution in [1.82, 2.24) is 10.7 Å². The molecular weight excluding hydrogens is 329 g/mol. The van der Waals surface area contributed by atoms with E-state index in [1.807, 2.05) is 24.3 Å². The number of hydrogen-bond donors (Lipinski definition) is 2. The second-order valence-electron chi connectivity index (χ2n) is 4.79. The van der Waals surface area contributed by atoms with Crippen LogP contribution in [-0.4, -0.2) is 25.5 Å². The summed E-state index contributed by atoms with van der Waals surface area (Å²) >= 11 is 5.13. The average Bonchev–Trinajstić information content (AvgIpc) is 2.60. The second-order valence-corrected chi connectivity index (χ2v) is 5.20. The van der Waals surface area contributed by atoms with Crippen LogP contribution in [0.5, 0.6) is 11.5 Å². The molecule has 0 saturated carbocycles. The molecule has 5 nitrogen and oxygen atoms in total. The first kappa shape index (κ1) is 17.7. The highest BCUT2D eigenvalue weighted by Crippen LogP contribution is 2.16. The lowest BCUT2D eigenvalue weighted by Crippen LogP contribution is -2.31. The SMILES string of the molecule is COc1ccc(CNC(=S)N/N=C\c2ccc(OC)c(F)c2)cc1. The number of rotatable bonds is 6. The smallest absolute Gasteiger partial charge is 0.187 e. The van der Waals surface area contributed by atoms with Crippen molar-refractivity contribution in [2.45, 2.75) is 6.54 Å². The van der Waals surface area contributed by atoms with Gasteiger partial charge in [-0.15, -0.1) is 0 Å². The quantitative estimate of drug-likeness (QED) is 0.478. The zero-order chi connectivity index (χ0) is 17.4. The Bertz CT molecular complexity index is 720. The lowest BCUT2D eigenvalue weighted by Gasteiger charge is -2.07. The van der Waals surface area contributed by atoms with Crippen LogP contribution in [-0.2, 0) is 6.54 Å². The molecule has 0 aliphatic heterocycles. The van der Waals surface area contributed by atoms with Gasteiger partial charge >= 0.3 is 0 Å². The van der Waals surface area contributed by atoms with Gasteiger partial charge in [0, 0.05) is 6.54 Å². The van der Waals surface area contributed by atoms with Crippen LogP contribution in [0.1, 0.15) is 11.1 Å². The van der Waals surface area contributed by atoms with Gasteiger partial charge in [0.1, 0.15) is 5.75 Å². The van der Waals surface area contributed by atoms with E-state index in [-0.39, 0.29) is 5.75 Å². The largest absolute Gasteiger partial charge is 0.497 e. The molecule has 0 fully saturated rings. The highest BCUT2D eigenvalue weighted by atomic mass is 32.1. The summed E-state index contributed by atoms with van der Waals surface area (Å²) in [4.78, 5) is 0. The Hall–Kier alpha value is -2.67. The summed E-state index contributed by atoms with van der Waals surface area (Å²) < 4.78 is 23.5. The fraction of sp³-hybridized carbons (Fsp3) is 0.176. The molecule has 2 aromatic rings. The maximum Gasteiger partial charge on any atom is 0.187 e. The van der Waals surface area contributed by atoms with E-state index < -0.39 is 5.82 Å². The van der Waals surface area contributed by atoms with Crippen molar-refractivity contribution in [3.63, 3.8) is 0 Å². The Balaban J connectivity index is 1.80. The van der Waals surface area contributed by atoms with Crippen LogP contribution in [0, 0.1) is 5.82 Å². The molecule has 24 heavy (non-hydrogen) atoms. The highest BCUT2D eigenvalue weighted by Gasteiger charge is 2.01. The molecule has 0 heterocycles.